The van der Waals surface area contributed by atoms with Crippen LogP contribution in [0.4, 0.5) is 0 Å². The number of hydrogen-bond acceptors (Lipinski definition) is 3. The number of hydrogen-bond donors (Lipinski definition) is 1. The zero-order valence-corrected chi connectivity index (χ0v) is 10.9. The molecule has 90 valence electrons. The molecule has 1 saturated heterocycles. The van der Waals surface area contributed by atoms with Crippen LogP contribution in [0, 0.1) is 5.92 Å². The van der Waals surface area contributed by atoms with E-state index in [2.05, 4.69) is 19.2 Å². The van der Waals surface area contributed by atoms with Crippen molar-refractivity contribution in [3.8, 4) is 0 Å². The number of rotatable bonds is 5. The van der Waals surface area contributed by atoms with E-state index >= 15 is 0 Å². The fourth-order valence-corrected chi connectivity index (χ4v) is 4.24. The molecule has 0 amide bonds. The van der Waals surface area contributed by atoms with Gasteiger partial charge in [-0.2, -0.15) is 0 Å². The van der Waals surface area contributed by atoms with Crippen molar-refractivity contribution in [3.05, 3.63) is 0 Å². The molecule has 3 nitrogen and oxygen atoms in total. The normalized spacial score (nSPS) is 29.9. The Morgan fingerprint density at radius 3 is 2.33 bits per heavy atom. The third kappa shape index (κ3) is 3.76. The standard InChI is InChI=1S/C11H23NO2S/c1-4-10(5-2)8-12-11(3)6-7-15(13,14)9-11/h10,12H,4-9H2,1-3H3. The average Bonchev–Trinajstić information content (AvgIpc) is 2.43. The molecule has 0 aromatic rings. The summed E-state index contributed by atoms with van der Waals surface area (Å²) in [5.74, 6) is 1.32. The van der Waals surface area contributed by atoms with Gasteiger partial charge in [-0.05, 0) is 25.8 Å². The molecule has 4 heteroatoms. The summed E-state index contributed by atoms with van der Waals surface area (Å²) in [5.41, 5.74) is -0.179. The van der Waals surface area contributed by atoms with Crippen molar-refractivity contribution >= 4 is 9.84 Å². The second kappa shape index (κ2) is 4.83. The summed E-state index contributed by atoms with van der Waals surface area (Å²) in [6.45, 7) is 7.34. The molecular weight excluding hydrogens is 210 g/mol. The first-order valence-electron chi connectivity index (χ1n) is 5.86. The van der Waals surface area contributed by atoms with E-state index in [4.69, 9.17) is 0 Å². The summed E-state index contributed by atoms with van der Waals surface area (Å²) in [4.78, 5) is 0. The molecule has 0 saturated carbocycles. The zero-order chi connectivity index (χ0) is 11.5. The van der Waals surface area contributed by atoms with Gasteiger partial charge in [0.05, 0.1) is 11.5 Å². The lowest BCUT2D eigenvalue weighted by Crippen LogP contribution is -2.45. The summed E-state index contributed by atoms with van der Waals surface area (Å²) in [6.07, 6.45) is 3.08. The maximum atomic E-state index is 11.4. The van der Waals surface area contributed by atoms with E-state index < -0.39 is 9.84 Å². The summed E-state index contributed by atoms with van der Waals surface area (Å²) in [6, 6.07) is 0. The van der Waals surface area contributed by atoms with Gasteiger partial charge < -0.3 is 5.32 Å². The van der Waals surface area contributed by atoms with Gasteiger partial charge in [-0.3, -0.25) is 0 Å². The minimum absolute atomic E-state index is 0.179. The Hall–Kier alpha value is -0.0900. The maximum Gasteiger partial charge on any atom is 0.152 e. The molecule has 1 aliphatic rings. The second-order valence-electron chi connectivity index (χ2n) is 4.97. The van der Waals surface area contributed by atoms with Gasteiger partial charge in [0.15, 0.2) is 9.84 Å². The van der Waals surface area contributed by atoms with Gasteiger partial charge in [-0.1, -0.05) is 26.7 Å². The van der Waals surface area contributed by atoms with Crippen molar-refractivity contribution in [3.63, 3.8) is 0 Å². The molecule has 1 atom stereocenters. The van der Waals surface area contributed by atoms with Crippen molar-refractivity contribution in [1.82, 2.24) is 5.32 Å². The van der Waals surface area contributed by atoms with Crippen LogP contribution in [0.25, 0.3) is 0 Å². The molecule has 1 fully saturated rings. The van der Waals surface area contributed by atoms with Crippen LogP contribution in [0.15, 0.2) is 0 Å². The molecule has 0 spiro atoms. The van der Waals surface area contributed by atoms with Gasteiger partial charge in [0.25, 0.3) is 0 Å². The van der Waals surface area contributed by atoms with Gasteiger partial charge >= 0.3 is 0 Å². The Bertz CT molecular complexity index is 296. The van der Waals surface area contributed by atoms with Crippen LogP contribution in [-0.4, -0.2) is 32.0 Å². The minimum atomic E-state index is -2.78. The van der Waals surface area contributed by atoms with Crippen LogP contribution < -0.4 is 5.32 Å². The topological polar surface area (TPSA) is 46.2 Å². The third-order valence-electron chi connectivity index (χ3n) is 3.48. The van der Waals surface area contributed by atoms with E-state index in [0.717, 1.165) is 25.8 Å². The second-order valence-corrected chi connectivity index (χ2v) is 7.15. The molecule has 0 bridgehead atoms. The molecule has 1 heterocycles. The molecule has 0 radical (unpaired) electrons. The van der Waals surface area contributed by atoms with Crippen molar-refractivity contribution in [2.75, 3.05) is 18.1 Å². The monoisotopic (exact) mass is 233 g/mol. The van der Waals surface area contributed by atoms with Crippen molar-refractivity contribution in [2.45, 2.75) is 45.6 Å². The van der Waals surface area contributed by atoms with Crippen LogP contribution >= 0.6 is 0 Å². The predicted molar refractivity (Wildman–Crippen MR) is 63.8 cm³/mol. The lowest BCUT2D eigenvalue weighted by molar-refractivity contribution is 0.343. The first-order chi connectivity index (χ1) is 6.91. The Balaban J connectivity index is 2.45. The van der Waals surface area contributed by atoms with Gasteiger partial charge in [0, 0.05) is 5.54 Å². The van der Waals surface area contributed by atoms with E-state index in [1.807, 2.05) is 6.92 Å². The molecular formula is C11H23NO2S. The van der Waals surface area contributed by atoms with Crippen molar-refractivity contribution in [1.29, 1.82) is 0 Å². The van der Waals surface area contributed by atoms with Gasteiger partial charge in [-0.25, -0.2) is 8.42 Å². The Morgan fingerprint density at radius 2 is 1.93 bits per heavy atom. The lowest BCUT2D eigenvalue weighted by Gasteiger charge is -2.26. The average molecular weight is 233 g/mol. The fourth-order valence-electron chi connectivity index (χ4n) is 2.12. The van der Waals surface area contributed by atoms with E-state index in [1.54, 1.807) is 0 Å². The Morgan fingerprint density at radius 1 is 1.33 bits per heavy atom. The van der Waals surface area contributed by atoms with Crippen LogP contribution in [0.5, 0.6) is 0 Å². The summed E-state index contributed by atoms with van der Waals surface area (Å²) >= 11 is 0. The Kier molecular flexibility index (Phi) is 4.18. The smallest absolute Gasteiger partial charge is 0.152 e. The van der Waals surface area contributed by atoms with E-state index in [1.165, 1.54) is 0 Å². The fraction of sp³-hybridized carbons (Fsp3) is 1.00. The molecule has 0 aromatic heterocycles. The van der Waals surface area contributed by atoms with Crippen LogP contribution in [0.1, 0.15) is 40.0 Å². The highest BCUT2D eigenvalue weighted by Gasteiger charge is 2.37. The van der Waals surface area contributed by atoms with Crippen LogP contribution in [0.2, 0.25) is 0 Å². The highest BCUT2D eigenvalue weighted by Crippen LogP contribution is 2.23. The minimum Gasteiger partial charge on any atom is -0.310 e. The highest BCUT2D eigenvalue weighted by molar-refractivity contribution is 7.91. The van der Waals surface area contributed by atoms with E-state index in [9.17, 15) is 8.42 Å². The van der Waals surface area contributed by atoms with Crippen LogP contribution in [0.3, 0.4) is 0 Å². The predicted octanol–water partition coefficient (Wildman–Crippen LogP) is 1.59. The first kappa shape index (κ1) is 13.0. The summed E-state index contributed by atoms with van der Waals surface area (Å²) < 4.78 is 22.8. The van der Waals surface area contributed by atoms with Gasteiger partial charge in [0.1, 0.15) is 0 Å². The van der Waals surface area contributed by atoms with Gasteiger partial charge in [0.2, 0.25) is 0 Å². The highest BCUT2D eigenvalue weighted by atomic mass is 32.2. The van der Waals surface area contributed by atoms with E-state index in [-0.39, 0.29) is 5.54 Å². The quantitative estimate of drug-likeness (QED) is 0.784. The molecule has 1 rings (SSSR count). The maximum absolute atomic E-state index is 11.4. The molecule has 0 aliphatic carbocycles. The van der Waals surface area contributed by atoms with E-state index in [0.29, 0.717) is 17.4 Å². The summed E-state index contributed by atoms with van der Waals surface area (Å²) in [5, 5.41) is 3.44. The first-order valence-corrected chi connectivity index (χ1v) is 7.68. The number of sulfone groups is 1. The molecule has 0 aromatic carbocycles. The largest absolute Gasteiger partial charge is 0.310 e. The SMILES string of the molecule is CCC(CC)CNC1(C)CCS(=O)(=O)C1. The Labute approximate surface area is 93.6 Å². The van der Waals surface area contributed by atoms with Crippen molar-refractivity contribution in [2.24, 2.45) is 5.92 Å². The lowest BCUT2D eigenvalue weighted by atomic mass is 9.98. The van der Waals surface area contributed by atoms with Crippen LogP contribution in [-0.2, 0) is 9.84 Å². The molecule has 1 aliphatic heterocycles. The van der Waals surface area contributed by atoms with Crippen molar-refractivity contribution < 1.29 is 8.42 Å². The third-order valence-corrected chi connectivity index (χ3v) is 5.38. The number of nitrogens with one attached hydrogen (secondary N) is 1. The molecule has 1 N–H and O–H groups in total. The van der Waals surface area contributed by atoms with Gasteiger partial charge in [-0.15, -0.1) is 0 Å². The zero-order valence-electron chi connectivity index (χ0n) is 10.0. The molecule has 1 unspecified atom stereocenters. The molecule has 15 heavy (non-hydrogen) atoms. The summed E-state index contributed by atoms with van der Waals surface area (Å²) in [7, 11) is -2.78.